The van der Waals surface area contributed by atoms with Crippen LogP contribution in [-0.4, -0.2) is 10.1 Å². The Morgan fingerprint density at radius 3 is 2.71 bits per heavy atom. The van der Waals surface area contributed by atoms with Gasteiger partial charge in [0.15, 0.2) is 5.82 Å². The second-order valence-corrected chi connectivity index (χ2v) is 4.35. The van der Waals surface area contributed by atoms with Crippen LogP contribution in [-0.2, 0) is 6.42 Å². The SMILES string of the molecule is N#Cc1ccc(-c2nc(CC3CC3)no2)cc1. The fourth-order valence-corrected chi connectivity index (χ4v) is 1.72. The van der Waals surface area contributed by atoms with E-state index in [2.05, 4.69) is 16.2 Å². The lowest BCUT2D eigenvalue weighted by atomic mass is 10.1. The van der Waals surface area contributed by atoms with Crippen LogP contribution in [0.3, 0.4) is 0 Å². The lowest BCUT2D eigenvalue weighted by Gasteiger charge is -1.93. The van der Waals surface area contributed by atoms with E-state index >= 15 is 0 Å². The highest BCUT2D eigenvalue weighted by molar-refractivity contribution is 5.54. The molecule has 0 saturated heterocycles. The van der Waals surface area contributed by atoms with Gasteiger partial charge in [-0.15, -0.1) is 0 Å². The Morgan fingerprint density at radius 2 is 2.06 bits per heavy atom. The number of rotatable bonds is 3. The molecule has 1 aromatic carbocycles. The average Bonchev–Trinajstić information content (AvgIpc) is 3.06. The third-order valence-electron chi connectivity index (χ3n) is 2.90. The van der Waals surface area contributed by atoms with Crippen LogP contribution in [0.25, 0.3) is 11.5 Å². The van der Waals surface area contributed by atoms with Crippen LogP contribution in [0.1, 0.15) is 24.2 Å². The molecule has 0 amide bonds. The minimum atomic E-state index is 0.533. The van der Waals surface area contributed by atoms with Gasteiger partial charge in [0.2, 0.25) is 0 Å². The maximum absolute atomic E-state index is 8.71. The Bertz CT molecular complexity index is 561. The number of nitrogens with zero attached hydrogens (tertiary/aromatic N) is 3. The van der Waals surface area contributed by atoms with Crippen molar-refractivity contribution in [1.29, 1.82) is 5.26 Å². The first kappa shape index (κ1) is 10.0. The minimum Gasteiger partial charge on any atom is -0.334 e. The molecule has 1 heterocycles. The number of hydrogen-bond donors (Lipinski definition) is 0. The van der Waals surface area contributed by atoms with Crippen LogP contribution in [0.2, 0.25) is 0 Å². The molecule has 0 spiro atoms. The van der Waals surface area contributed by atoms with Crippen LogP contribution in [0, 0.1) is 17.2 Å². The molecule has 0 atom stereocenters. The first-order chi connectivity index (χ1) is 8.35. The summed E-state index contributed by atoms with van der Waals surface area (Å²) in [6.45, 7) is 0. The molecule has 1 fully saturated rings. The maximum atomic E-state index is 8.71. The molecule has 1 aliphatic rings. The highest BCUT2D eigenvalue weighted by Gasteiger charge is 2.24. The summed E-state index contributed by atoms with van der Waals surface area (Å²) in [6.07, 6.45) is 3.47. The topological polar surface area (TPSA) is 62.7 Å². The van der Waals surface area contributed by atoms with Crippen molar-refractivity contribution in [3.63, 3.8) is 0 Å². The van der Waals surface area contributed by atoms with E-state index in [1.807, 2.05) is 12.1 Å². The third kappa shape index (κ3) is 2.18. The highest BCUT2D eigenvalue weighted by atomic mass is 16.5. The second-order valence-electron chi connectivity index (χ2n) is 4.35. The zero-order valence-corrected chi connectivity index (χ0v) is 9.26. The summed E-state index contributed by atoms with van der Waals surface area (Å²) in [7, 11) is 0. The van der Waals surface area contributed by atoms with Gasteiger partial charge >= 0.3 is 0 Å². The first-order valence-electron chi connectivity index (χ1n) is 5.68. The molecule has 0 unspecified atom stereocenters. The quantitative estimate of drug-likeness (QED) is 0.805. The third-order valence-corrected chi connectivity index (χ3v) is 2.90. The molecule has 17 heavy (non-hydrogen) atoms. The van der Waals surface area contributed by atoms with E-state index in [-0.39, 0.29) is 0 Å². The number of benzene rings is 1. The van der Waals surface area contributed by atoms with Crippen molar-refractivity contribution in [3.8, 4) is 17.5 Å². The van der Waals surface area contributed by atoms with Crippen molar-refractivity contribution in [3.05, 3.63) is 35.7 Å². The molecular weight excluding hydrogens is 214 g/mol. The average molecular weight is 225 g/mol. The molecule has 2 aromatic rings. The Kier molecular flexibility index (Phi) is 2.37. The van der Waals surface area contributed by atoms with Crippen molar-refractivity contribution in [2.45, 2.75) is 19.3 Å². The fourth-order valence-electron chi connectivity index (χ4n) is 1.72. The maximum Gasteiger partial charge on any atom is 0.257 e. The summed E-state index contributed by atoms with van der Waals surface area (Å²) in [5.41, 5.74) is 1.49. The number of nitriles is 1. The molecule has 4 heteroatoms. The Labute approximate surface area is 98.9 Å². The van der Waals surface area contributed by atoms with E-state index in [1.54, 1.807) is 12.1 Å². The Morgan fingerprint density at radius 1 is 1.29 bits per heavy atom. The summed E-state index contributed by atoms with van der Waals surface area (Å²) in [6, 6.07) is 9.23. The summed E-state index contributed by atoms with van der Waals surface area (Å²) in [5.74, 6) is 2.07. The molecule has 0 radical (unpaired) electrons. The Balaban J connectivity index is 1.82. The van der Waals surface area contributed by atoms with Crippen LogP contribution in [0.5, 0.6) is 0 Å². The standard InChI is InChI=1S/C13H11N3O/c14-8-10-3-5-11(6-4-10)13-15-12(16-17-13)7-9-1-2-9/h3-6,9H,1-2,7H2. The summed E-state index contributed by atoms with van der Waals surface area (Å²) < 4.78 is 5.21. The molecule has 1 aliphatic carbocycles. The highest BCUT2D eigenvalue weighted by Crippen LogP contribution is 2.32. The smallest absolute Gasteiger partial charge is 0.257 e. The normalized spacial score (nSPS) is 14.5. The van der Waals surface area contributed by atoms with Gasteiger partial charge in [-0.3, -0.25) is 0 Å². The molecule has 0 aliphatic heterocycles. The van der Waals surface area contributed by atoms with E-state index in [4.69, 9.17) is 9.78 Å². The van der Waals surface area contributed by atoms with Gasteiger partial charge in [-0.25, -0.2) is 0 Å². The molecular formula is C13H11N3O. The van der Waals surface area contributed by atoms with Crippen LogP contribution >= 0.6 is 0 Å². The van der Waals surface area contributed by atoms with E-state index in [0.717, 1.165) is 23.7 Å². The van der Waals surface area contributed by atoms with E-state index in [1.165, 1.54) is 12.8 Å². The largest absolute Gasteiger partial charge is 0.334 e. The van der Waals surface area contributed by atoms with Gasteiger partial charge in [0.1, 0.15) is 0 Å². The first-order valence-corrected chi connectivity index (χ1v) is 5.68. The lowest BCUT2D eigenvalue weighted by molar-refractivity contribution is 0.421. The molecule has 4 nitrogen and oxygen atoms in total. The second kappa shape index (κ2) is 4.02. The Hall–Kier alpha value is -2.15. The summed E-state index contributed by atoms with van der Waals surface area (Å²) in [4.78, 5) is 4.36. The molecule has 3 rings (SSSR count). The molecule has 1 aromatic heterocycles. The van der Waals surface area contributed by atoms with E-state index in [9.17, 15) is 0 Å². The van der Waals surface area contributed by atoms with Gasteiger partial charge in [0.05, 0.1) is 11.6 Å². The van der Waals surface area contributed by atoms with Gasteiger partial charge in [-0.1, -0.05) is 5.16 Å². The number of aromatic nitrogens is 2. The molecule has 84 valence electrons. The van der Waals surface area contributed by atoms with E-state index in [0.29, 0.717) is 11.5 Å². The summed E-state index contributed by atoms with van der Waals surface area (Å²) in [5, 5.41) is 12.7. The zero-order chi connectivity index (χ0) is 11.7. The van der Waals surface area contributed by atoms with Crippen molar-refractivity contribution in [2.75, 3.05) is 0 Å². The van der Waals surface area contributed by atoms with Crippen LogP contribution < -0.4 is 0 Å². The van der Waals surface area contributed by atoms with Crippen molar-refractivity contribution in [1.82, 2.24) is 10.1 Å². The summed E-state index contributed by atoms with van der Waals surface area (Å²) >= 11 is 0. The van der Waals surface area contributed by atoms with E-state index < -0.39 is 0 Å². The predicted octanol–water partition coefficient (Wildman–Crippen LogP) is 2.56. The monoisotopic (exact) mass is 225 g/mol. The predicted molar refractivity (Wildman–Crippen MR) is 60.9 cm³/mol. The van der Waals surface area contributed by atoms with Crippen molar-refractivity contribution in [2.24, 2.45) is 5.92 Å². The van der Waals surface area contributed by atoms with Gasteiger partial charge in [0.25, 0.3) is 5.89 Å². The fraction of sp³-hybridized carbons (Fsp3) is 0.308. The van der Waals surface area contributed by atoms with Crippen molar-refractivity contribution >= 4 is 0 Å². The van der Waals surface area contributed by atoms with Gasteiger partial charge in [-0.05, 0) is 43.0 Å². The van der Waals surface area contributed by atoms with Gasteiger partial charge in [0, 0.05) is 12.0 Å². The van der Waals surface area contributed by atoms with Crippen LogP contribution in [0.4, 0.5) is 0 Å². The lowest BCUT2D eigenvalue weighted by Crippen LogP contribution is -1.89. The van der Waals surface area contributed by atoms with Gasteiger partial charge in [-0.2, -0.15) is 10.2 Å². The van der Waals surface area contributed by atoms with Crippen molar-refractivity contribution < 1.29 is 4.52 Å². The van der Waals surface area contributed by atoms with Crippen LogP contribution in [0.15, 0.2) is 28.8 Å². The minimum absolute atomic E-state index is 0.533. The zero-order valence-electron chi connectivity index (χ0n) is 9.26. The van der Waals surface area contributed by atoms with Gasteiger partial charge < -0.3 is 4.52 Å². The molecule has 1 saturated carbocycles. The molecule has 0 N–H and O–H groups in total. The molecule has 0 bridgehead atoms. The number of hydrogen-bond acceptors (Lipinski definition) is 4.